The van der Waals surface area contributed by atoms with Gasteiger partial charge in [0.05, 0.1) is 13.2 Å². The van der Waals surface area contributed by atoms with E-state index in [1.807, 2.05) is 18.2 Å². The summed E-state index contributed by atoms with van der Waals surface area (Å²) in [5.74, 6) is 1.63. The van der Waals surface area contributed by atoms with E-state index in [0.717, 1.165) is 65.3 Å². The molecule has 2 aromatic heterocycles. The lowest BCUT2D eigenvalue weighted by Crippen LogP contribution is -2.37. The van der Waals surface area contributed by atoms with Crippen LogP contribution in [0.25, 0.3) is 33.5 Å². The maximum Gasteiger partial charge on any atom is 0.196 e. The first-order valence-electron chi connectivity index (χ1n) is 9.76. The number of nitrogens with one attached hydrogen (secondary N) is 1. The second-order valence-corrected chi connectivity index (χ2v) is 7.25. The number of aromatic nitrogens is 2. The van der Waals surface area contributed by atoms with Crippen LogP contribution >= 0.6 is 0 Å². The van der Waals surface area contributed by atoms with Crippen LogP contribution in [0.3, 0.4) is 0 Å². The van der Waals surface area contributed by atoms with E-state index in [1.54, 1.807) is 0 Å². The molecule has 0 atom stereocenters. The Morgan fingerprint density at radius 1 is 0.964 bits per heavy atom. The molecule has 0 radical (unpaired) electrons. The fourth-order valence-electron chi connectivity index (χ4n) is 4.24. The van der Waals surface area contributed by atoms with Crippen LogP contribution in [0.5, 0.6) is 0 Å². The SMILES string of the molecule is c1cc2c(c(-c3nc(N4CCOCC4)c4oc5ccccc5c4n3)c1)CCN2. The van der Waals surface area contributed by atoms with Crippen LogP contribution in [0, 0.1) is 0 Å². The van der Waals surface area contributed by atoms with E-state index >= 15 is 0 Å². The number of para-hydroxylation sites is 1. The molecule has 2 aromatic carbocycles. The molecule has 4 heterocycles. The molecule has 2 aliphatic heterocycles. The summed E-state index contributed by atoms with van der Waals surface area (Å²) in [5, 5.41) is 4.48. The van der Waals surface area contributed by atoms with Crippen LogP contribution < -0.4 is 10.2 Å². The molecule has 140 valence electrons. The Morgan fingerprint density at radius 2 is 1.86 bits per heavy atom. The van der Waals surface area contributed by atoms with Gasteiger partial charge in [0.25, 0.3) is 0 Å². The molecule has 0 bridgehead atoms. The average molecular weight is 372 g/mol. The quantitative estimate of drug-likeness (QED) is 0.577. The first-order chi connectivity index (χ1) is 13.9. The van der Waals surface area contributed by atoms with Crippen LogP contribution in [-0.4, -0.2) is 42.8 Å². The van der Waals surface area contributed by atoms with E-state index in [1.165, 1.54) is 11.3 Å². The van der Waals surface area contributed by atoms with Gasteiger partial charge in [-0.2, -0.15) is 0 Å². The normalized spacial score (nSPS) is 16.5. The molecule has 1 N–H and O–H groups in total. The van der Waals surface area contributed by atoms with Gasteiger partial charge in [-0.05, 0) is 30.2 Å². The number of ether oxygens (including phenoxy) is 1. The highest BCUT2D eigenvalue weighted by molar-refractivity contribution is 6.06. The number of rotatable bonds is 2. The summed E-state index contributed by atoms with van der Waals surface area (Å²) in [6.07, 6.45) is 0.992. The van der Waals surface area contributed by atoms with Crippen molar-refractivity contribution >= 4 is 33.6 Å². The molecule has 6 rings (SSSR count). The standard InChI is InChI=1S/C22H20N4O2/c1-2-7-18-16(4-1)19-20(28-18)22(26-10-12-27-13-11-26)25-21(24-19)15-5-3-6-17-14(15)8-9-23-17/h1-7,23H,8-13H2. The van der Waals surface area contributed by atoms with Crippen molar-refractivity contribution < 1.29 is 9.15 Å². The van der Waals surface area contributed by atoms with Gasteiger partial charge in [-0.1, -0.05) is 24.3 Å². The third kappa shape index (κ3) is 2.38. The third-order valence-electron chi connectivity index (χ3n) is 5.62. The molecular weight excluding hydrogens is 352 g/mol. The van der Waals surface area contributed by atoms with Gasteiger partial charge >= 0.3 is 0 Å². The Morgan fingerprint density at radius 3 is 2.79 bits per heavy atom. The minimum absolute atomic E-state index is 0.700. The highest BCUT2D eigenvalue weighted by Gasteiger charge is 2.24. The molecule has 6 nitrogen and oxygen atoms in total. The Bertz CT molecular complexity index is 1190. The number of morpholine rings is 1. The van der Waals surface area contributed by atoms with Crippen LogP contribution in [0.4, 0.5) is 11.5 Å². The predicted molar refractivity (Wildman–Crippen MR) is 110 cm³/mol. The van der Waals surface area contributed by atoms with E-state index in [9.17, 15) is 0 Å². The summed E-state index contributed by atoms with van der Waals surface area (Å²) < 4.78 is 11.7. The van der Waals surface area contributed by atoms with E-state index in [0.29, 0.717) is 13.2 Å². The molecule has 0 saturated carbocycles. The van der Waals surface area contributed by atoms with Gasteiger partial charge in [-0.3, -0.25) is 0 Å². The molecule has 0 amide bonds. The van der Waals surface area contributed by atoms with Crippen molar-refractivity contribution in [2.75, 3.05) is 43.1 Å². The molecule has 2 aliphatic rings. The van der Waals surface area contributed by atoms with Gasteiger partial charge in [0.15, 0.2) is 17.2 Å². The number of furan rings is 1. The monoisotopic (exact) mass is 372 g/mol. The minimum atomic E-state index is 0.700. The molecule has 28 heavy (non-hydrogen) atoms. The van der Waals surface area contributed by atoms with Crippen molar-refractivity contribution in [2.24, 2.45) is 0 Å². The molecule has 0 spiro atoms. The van der Waals surface area contributed by atoms with E-state index < -0.39 is 0 Å². The van der Waals surface area contributed by atoms with E-state index in [2.05, 4.69) is 34.5 Å². The number of hydrogen-bond donors (Lipinski definition) is 1. The van der Waals surface area contributed by atoms with Gasteiger partial charge in [0.1, 0.15) is 11.1 Å². The molecular formula is C22H20N4O2. The fraction of sp³-hybridized carbons (Fsp3) is 0.273. The summed E-state index contributed by atoms with van der Waals surface area (Å²) in [6, 6.07) is 14.4. The topological polar surface area (TPSA) is 63.4 Å². The van der Waals surface area contributed by atoms with E-state index in [-0.39, 0.29) is 0 Å². The second-order valence-electron chi connectivity index (χ2n) is 7.25. The van der Waals surface area contributed by atoms with Crippen LogP contribution in [0.15, 0.2) is 46.9 Å². The molecule has 1 saturated heterocycles. The average Bonchev–Trinajstić information content (AvgIpc) is 3.38. The van der Waals surface area contributed by atoms with Crippen LogP contribution in [0.1, 0.15) is 5.56 Å². The smallest absolute Gasteiger partial charge is 0.196 e. The molecule has 0 aliphatic carbocycles. The first kappa shape index (κ1) is 15.9. The van der Waals surface area contributed by atoms with Crippen LogP contribution in [-0.2, 0) is 11.2 Å². The third-order valence-corrected chi connectivity index (χ3v) is 5.62. The van der Waals surface area contributed by atoms with Gasteiger partial charge < -0.3 is 19.4 Å². The maximum atomic E-state index is 6.20. The van der Waals surface area contributed by atoms with Crippen molar-refractivity contribution in [3.8, 4) is 11.4 Å². The summed E-state index contributed by atoms with van der Waals surface area (Å²) in [5.41, 5.74) is 6.07. The second kappa shape index (κ2) is 6.21. The van der Waals surface area contributed by atoms with Crippen molar-refractivity contribution in [2.45, 2.75) is 6.42 Å². The Kier molecular flexibility index (Phi) is 3.52. The summed E-state index contributed by atoms with van der Waals surface area (Å²) in [4.78, 5) is 12.2. The van der Waals surface area contributed by atoms with Crippen LogP contribution in [0.2, 0.25) is 0 Å². The van der Waals surface area contributed by atoms with E-state index in [4.69, 9.17) is 19.1 Å². The van der Waals surface area contributed by atoms with Gasteiger partial charge in [-0.15, -0.1) is 0 Å². The first-order valence-corrected chi connectivity index (χ1v) is 9.76. The van der Waals surface area contributed by atoms with Gasteiger partial charge in [0, 0.05) is 36.3 Å². The number of anilines is 2. The zero-order valence-electron chi connectivity index (χ0n) is 15.4. The maximum absolute atomic E-state index is 6.20. The Labute approximate surface area is 162 Å². The molecule has 6 heteroatoms. The minimum Gasteiger partial charge on any atom is -0.450 e. The molecule has 1 fully saturated rings. The van der Waals surface area contributed by atoms with Crippen molar-refractivity contribution in [1.82, 2.24) is 9.97 Å². The summed E-state index contributed by atoms with van der Waals surface area (Å²) >= 11 is 0. The number of nitrogens with zero attached hydrogens (tertiary/aromatic N) is 3. The largest absolute Gasteiger partial charge is 0.450 e. The highest BCUT2D eigenvalue weighted by atomic mass is 16.5. The Balaban J connectivity index is 1.64. The lowest BCUT2D eigenvalue weighted by atomic mass is 10.0. The van der Waals surface area contributed by atoms with Crippen molar-refractivity contribution in [3.63, 3.8) is 0 Å². The Hall–Kier alpha value is -3.12. The molecule has 4 aromatic rings. The number of fused-ring (bicyclic) bond motifs is 4. The zero-order valence-corrected chi connectivity index (χ0v) is 15.4. The number of benzene rings is 2. The molecule has 0 unspecified atom stereocenters. The van der Waals surface area contributed by atoms with Gasteiger partial charge in [-0.25, -0.2) is 9.97 Å². The van der Waals surface area contributed by atoms with Crippen molar-refractivity contribution in [1.29, 1.82) is 0 Å². The summed E-state index contributed by atoms with van der Waals surface area (Å²) in [7, 11) is 0. The summed E-state index contributed by atoms with van der Waals surface area (Å²) in [6.45, 7) is 3.96. The predicted octanol–water partition coefficient (Wildman–Crippen LogP) is 3.85. The highest BCUT2D eigenvalue weighted by Crippen LogP contribution is 2.37. The lowest BCUT2D eigenvalue weighted by molar-refractivity contribution is 0.122. The van der Waals surface area contributed by atoms with Gasteiger partial charge in [0.2, 0.25) is 0 Å². The lowest BCUT2D eigenvalue weighted by Gasteiger charge is -2.28. The fourth-order valence-corrected chi connectivity index (χ4v) is 4.24. The van der Waals surface area contributed by atoms with Crippen molar-refractivity contribution in [3.05, 3.63) is 48.0 Å². The zero-order chi connectivity index (χ0) is 18.5. The number of hydrogen-bond acceptors (Lipinski definition) is 6.